The fourth-order valence-corrected chi connectivity index (χ4v) is 3.52. The number of nitrogens with zero attached hydrogens (tertiary/aromatic N) is 1. The van der Waals surface area contributed by atoms with Crippen LogP contribution in [0.25, 0.3) is 6.08 Å². The summed E-state index contributed by atoms with van der Waals surface area (Å²) < 4.78 is 15.6. The average Bonchev–Trinajstić information content (AvgIpc) is 2.90. The number of esters is 1. The van der Waals surface area contributed by atoms with Crippen molar-refractivity contribution in [1.82, 2.24) is 4.90 Å². The van der Waals surface area contributed by atoms with Crippen LogP contribution in [-0.2, 0) is 14.3 Å². The number of benzene rings is 1. The van der Waals surface area contributed by atoms with Crippen LogP contribution in [0.3, 0.4) is 0 Å². The summed E-state index contributed by atoms with van der Waals surface area (Å²) in [5.41, 5.74) is 0.496. The van der Waals surface area contributed by atoms with Gasteiger partial charge >= 0.3 is 5.97 Å². The molecule has 1 aliphatic rings. The van der Waals surface area contributed by atoms with Crippen LogP contribution in [0.4, 0.5) is 4.79 Å². The monoisotopic (exact) mass is 413 g/mol. The van der Waals surface area contributed by atoms with Gasteiger partial charge in [-0.05, 0) is 50.2 Å². The molecule has 0 bridgehead atoms. The first-order chi connectivity index (χ1) is 12.8. The van der Waals surface area contributed by atoms with E-state index in [4.69, 9.17) is 25.8 Å². The molecular weight excluding hydrogens is 394 g/mol. The Bertz CT molecular complexity index is 794. The second-order valence-electron chi connectivity index (χ2n) is 5.44. The Labute approximate surface area is 166 Å². The van der Waals surface area contributed by atoms with Crippen LogP contribution in [0, 0.1) is 0 Å². The average molecular weight is 414 g/mol. The molecule has 1 aliphatic heterocycles. The number of ether oxygens (including phenoxy) is 3. The van der Waals surface area contributed by atoms with E-state index >= 15 is 0 Å². The number of imide groups is 1. The number of halogens is 1. The third-order valence-electron chi connectivity index (χ3n) is 3.71. The lowest BCUT2D eigenvalue weighted by molar-refractivity contribution is -0.150. The highest BCUT2D eigenvalue weighted by Gasteiger charge is 2.41. The Kier molecular flexibility index (Phi) is 7.15. The molecule has 0 spiro atoms. The number of rotatable bonds is 7. The number of hydrogen-bond donors (Lipinski definition) is 0. The first kappa shape index (κ1) is 21.1. The second-order valence-corrected chi connectivity index (χ2v) is 6.84. The summed E-state index contributed by atoms with van der Waals surface area (Å²) >= 11 is 7.00. The van der Waals surface area contributed by atoms with Crippen LogP contribution in [0.2, 0.25) is 5.02 Å². The molecule has 2 rings (SSSR count). The van der Waals surface area contributed by atoms with Gasteiger partial charge in [-0.15, -0.1) is 0 Å². The molecule has 0 radical (unpaired) electrons. The number of carbonyl (C=O) groups excluding carboxylic acids is 3. The maximum absolute atomic E-state index is 12.6. The normalized spacial score (nSPS) is 16.6. The van der Waals surface area contributed by atoms with Crippen molar-refractivity contribution >= 4 is 46.6 Å². The summed E-state index contributed by atoms with van der Waals surface area (Å²) in [6.45, 7) is 5.52. The Morgan fingerprint density at radius 1 is 1.26 bits per heavy atom. The second kappa shape index (κ2) is 9.14. The van der Waals surface area contributed by atoms with Gasteiger partial charge < -0.3 is 14.2 Å². The lowest BCUT2D eigenvalue weighted by Crippen LogP contribution is -2.42. The van der Waals surface area contributed by atoms with Gasteiger partial charge in [0, 0.05) is 6.07 Å². The molecule has 0 saturated carbocycles. The van der Waals surface area contributed by atoms with Crippen molar-refractivity contribution in [1.29, 1.82) is 0 Å². The fourth-order valence-electron chi connectivity index (χ4n) is 2.41. The van der Waals surface area contributed by atoms with E-state index in [0.29, 0.717) is 28.7 Å². The maximum atomic E-state index is 12.6. The molecule has 1 aromatic rings. The topological polar surface area (TPSA) is 82.1 Å². The van der Waals surface area contributed by atoms with Crippen LogP contribution in [0.15, 0.2) is 17.0 Å². The van der Waals surface area contributed by atoms with E-state index in [0.717, 1.165) is 16.7 Å². The van der Waals surface area contributed by atoms with Crippen molar-refractivity contribution in [2.45, 2.75) is 26.8 Å². The molecule has 1 saturated heterocycles. The van der Waals surface area contributed by atoms with Crippen LogP contribution < -0.4 is 9.47 Å². The van der Waals surface area contributed by atoms with E-state index in [2.05, 4.69) is 0 Å². The highest BCUT2D eigenvalue weighted by molar-refractivity contribution is 8.18. The minimum Gasteiger partial charge on any atom is -0.493 e. The Morgan fingerprint density at radius 3 is 2.56 bits per heavy atom. The number of thioether (sulfide) groups is 1. The lowest BCUT2D eigenvalue weighted by Gasteiger charge is -2.19. The van der Waals surface area contributed by atoms with Gasteiger partial charge in [0.1, 0.15) is 6.04 Å². The molecule has 2 amide bonds. The number of methoxy groups -OCH3 is 1. The molecule has 7 nitrogen and oxygen atoms in total. The van der Waals surface area contributed by atoms with Gasteiger partial charge in [-0.1, -0.05) is 11.6 Å². The number of hydrogen-bond acceptors (Lipinski definition) is 7. The highest BCUT2D eigenvalue weighted by Crippen LogP contribution is 2.38. The predicted molar refractivity (Wildman–Crippen MR) is 103 cm³/mol. The molecule has 0 aromatic heterocycles. The van der Waals surface area contributed by atoms with Crippen molar-refractivity contribution in [3.05, 3.63) is 27.6 Å². The zero-order valence-electron chi connectivity index (χ0n) is 15.4. The predicted octanol–water partition coefficient (Wildman–Crippen LogP) is 3.74. The molecule has 1 atom stereocenters. The standard InChI is InChI=1S/C18H20ClNO6S/c1-5-25-14-7-11(12(19)9-13(14)24-4)8-15-16(21)20(18(23)27-15)10(3)17(22)26-6-2/h7-10H,5-6H2,1-4H3/b15-8+/t10-/m0/s1. The summed E-state index contributed by atoms with van der Waals surface area (Å²) in [7, 11) is 1.50. The smallest absolute Gasteiger partial charge is 0.329 e. The van der Waals surface area contributed by atoms with Crippen molar-refractivity contribution in [2.75, 3.05) is 20.3 Å². The Hall–Kier alpha value is -2.19. The largest absolute Gasteiger partial charge is 0.493 e. The van der Waals surface area contributed by atoms with Crippen molar-refractivity contribution in [3.8, 4) is 11.5 Å². The SMILES string of the molecule is CCOC(=O)[C@H](C)N1C(=O)S/C(=C/c2cc(OCC)c(OC)cc2Cl)C1=O. The Balaban J connectivity index is 2.35. The molecule has 0 unspecified atom stereocenters. The minimum absolute atomic E-state index is 0.158. The number of carbonyl (C=O) groups is 3. The van der Waals surface area contributed by atoms with E-state index in [-0.39, 0.29) is 11.5 Å². The van der Waals surface area contributed by atoms with Gasteiger partial charge in [0.2, 0.25) is 0 Å². The summed E-state index contributed by atoms with van der Waals surface area (Å²) in [6, 6.07) is 2.20. The van der Waals surface area contributed by atoms with Crippen LogP contribution in [0.5, 0.6) is 11.5 Å². The first-order valence-corrected chi connectivity index (χ1v) is 9.47. The maximum Gasteiger partial charge on any atom is 0.329 e. The van der Waals surface area contributed by atoms with Crippen LogP contribution in [0.1, 0.15) is 26.3 Å². The first-order valence-electron chi connectivity index (χ1n) is 8.28. The molecule has 0 aliphatic carbocycles. The molecule has 146 valence electrons. The van der Waals surface area contributed by atoms with Gasteiger partial charge in [0.05, 0.1) is 30.3 Å². The van der Waals surface area contributed by atoms with Crippen LogP contribution >= 0.6 is 23.4 Å². The molecule has 1 fully saturated rings. The van der Waals surface area contributed by atoms with Crippen LogP contribution in [-0.4, -0.2) is 48.4 Å². The van der Waals surface area contributed by atoms with Gasteiger partial charge in [0.25, 0.3) is 11.1 Å². The van der Waals surface area contributed by atoms with Gasteiger partial charge in [-0.3, -0.25) is 14.5 Å². The molecular formula is C18H20ClNO6S. The summed E-state index contributed by atoms with van der Waals surface area (Å²) in [6.07, 6.45) is 1.49. The molecule has 1 aromatic carbocycles. The quantitative estimate of drug-likeness (QED) is 0.497. The van der Waals surface area contributed by atoms with E-state index in [1.165, 1.54) is 20.1 Å². The third-order valence-corrected chi connectivity index (χ3v) is 4.92. The highest BCUT2D eigenvalue weighted by atomic mass is 35.5. The molecule has 0 N–H and O–H groups in total. The minimum atomic E-state index is -1.01. The summed E-state index contributed by atoms with van der Waals surface area (Å²) in [5.74, 6) is -0.282. The molecule has 1 heterocycles. The van der Waals surface area contributed by atoms with Crippen molar-refractivity contribution in [2.24, 2.45) is 0 Å². The van der Waals surface area contributed by atoms with E-state index in [1.54, 1.807) is 19.1 Å². The van der Waals surface area contributed by atoms with Gasteiger partial charge in [-0.25, -0.2) is 4.79 Å². The Morgan fingerprint density at radius 2 is 1.96 bits per heavy atom. The van der Waals surface area contributed by atoms with Crippen molar-refractivity contribution in [3.63, 3.8) is 0 Å². The zero-order chi connectivity index (χ0) is 20.1. The van der Waals surface area contributed by atoms with Gasteiger partial charge in [0.15, 0.2) is 11.5 Å². The van der Waals surface area contributed by atoms with E-state index in [9.17, 15) is 14.4 Å². The molecule has 27 heavy (non-hydrogen) atoms. The molecule has 9 heteroatoms. The fraction of sp³-hybridized carbons (Fsp3) is 0.389. The number of amides is 2. The summed E-state index contributed by atoms with van der Waals surface area (Å²) in [4.78, 5) is 37.8. The van der Waals surface area contributed by atoms with Gasteiger partial charge in [-0.2, -0.15) is 0 Å². The van der Waals surface area contributed by atoms with Crippen molar-refractivity contribution < 1.29 is 28.6 Å². The lowest BCUT2D eigenvalue weighted by atomic mass is 10.1. The zero-order valence-corrected chi connectivity index (χ0v) is 17.0. The summed E-state index contributed by atoms with van der Waals surface area (Å²) in [5, 5.41) is -0.206. The van der Waals surface area contributed by atoms with E-state index < -0.39 is 23.2 Å². The van der Waals surface area contributed by atoms with E-state index in [1.807, 2.05) is 6.92 Å². The third kappa shape index (κ3) is 4.56.